The summed E-state index contributed by atoms with van der Waals surface area (Å²) in [5.41, 5.74) is 3.78. The second-order valence-corrected chi connectivity index (χ2v) is 8.85. The third kappa shape index (κ3) is 4.65. The Balaban J connectivity index is 1.79. The summed E-state index contributed by atoms with van der Waals surface area (Å²) in [6, 6.07) is 7.74. The second-order valence-electron chi connectivity index (χ2n) is 8.85. The van der Waals surface area contributed by atoms with Crippen LogP contribution in [0, 0.1) is 5.92 Å². The van der Waals surface area contributed by atoms with Crippen LogP contribution in [-0.2, 0) is 14.3 Å². The van der Waals surface area contributed by atoms with Crippen LogP contribution in [0.5, 0.6) is 0 Å². The predicted octanol–water partition coefficient (Wildman–Crippen LogP) is 4.53. The standard InChI is InChI=1S/C25H30O4/c1-15(2)12-21(26)23(27)16(3)13-17-6-8-18(9-7-17)14-19-20-10-11-22(24(19)28)29-25(20,4)5/h6-9,12-14,20-22,26H,10-11H2,1-5H3/b16-13+,19-14+. The van der Waals surface area contributed by atoms with Crippen molar-refractivity contribution in [3.8, 4) is 0 Å². The predicted molar refractivity (Wildman–Crippen MR) is 115 cm³/mol. The molecule has 3 atom stereocenters. The lowest BCUT2D eigenvalue weighted by molar-refractivity contribution is -0.172. The van der Waals surface area contributed by atoms with E-state index >= 15 is 0 Å². The van der Waals surface area contributed by atoms with Crippen molar-refractivity contribution in [2.24, 2.45) is 5.92 Å². The van der Waals surface area contributed by atoms with Gasteiger partial charge in [-0.2, -0.15) is 0 Å². The number of ketones is 2. The maximum Gasteiger partial charge on any atom is 0.190 e. The van der Waals surface area contributed by atoms with Crippen molar-refractivity contribution >= 4 is 23.7 Å². The molecule has 0 aromatic heterocycles. The third-order valence-corrected chi connectivity index (χ3v) is 5.75. The molecular weight excluding hydrogens is 364 g/mol. The first kappa shape index (κ1) is 21.4. The van der Waals surface area contributed by atoms with Crippen LogP contribution in [0.25, 0.3) is 12.2 Å². The summed E-state index contributed by atoms with van der Waals surface area (Å²) in [7, 11) is 0. The number of hydrogen-bond donors (Lipinski definition) is 1. The Labute approximate surface area is 173 Å². The lowest BCUT2D eigenvalue weighted by Gasteiger charge is -2.48. The Morgan fingerprint density at radius 2 is 1.76 bits per heavy atom. The molecule has 3 aliphatic rings. The summed E-state index contributed by atoms with van der Waals surface area (Å²) in [6.07, 6.45) is 5.66. The molecule has 29 heavy (non-hydrogen) atoms. The van der Waals surface area contributed by atoms with Crippen LogP contribution in [0.2, 0.25) is 0 Å². The molecule has 4 heteroatoms. The normalized spacial score (nSPS) is 25.8. The van der Waals surface area contributed by atoms with Crippen molar-refractivity contribution in [2.45, 2.75) is 65.3 Å². The minimum Gasteiger partial charge on any atom is -0.381 e. The first-order valence-corrected chi connectivity index (χ1v) is 10.2. The smallest absolute Gasteiger partial charge is 0.190 e. The molecule has 4 nitrogen and oxygen atoms in total. The van der Waals surface area contributed by atoms with Crippen LogP contribution < -0.4 is 0 Å². The van der Waals surface area contributed by atoms with E-state index < -0.39 is 6.10 Å². The summed E-state index contributed by atoms with van der Waals surface area (Å²) < 4.78 is 5.93. The van der Waals surface area contributed by atoms with Crippen LogP contribution in [0.4, 0.5) is 0 Å². The number of hydrogen-bond acceptors (Lipinski definition) is 4. The number of rotatable bonds is 5. The van der Waals surface area contributed by atoms with Gasteiger partial charge >= 0.3 is 0 Å². The number of aliphatic hydroxyl groups is 1. The highest BCUT2D eigenvalue weighted by molar-refractivity contribution is 6.05. The van der Waals surface area contributed by atoms with Crippen LogP contribution >= 0.6 is 0 Å². The van der Waals surface area contributed by atoms with E-state index in [0.29, 0.717) is 5.57 Å². The van der Waals surface area contributed by atoms with E-state index in [1.54, 1.807) is 19.1 Å². The van der Waals surface area contributed by atoms with Crippen LogP contribution in [0.15, 0.2) is 47.1 Å². The number of aliphatic hydroxyl groups excluding tert-OH is 1. The SMILES string of the molecule is CC(C)=CC(O)C(=O)/C(C)=C/c1ccc(/C=C2/C(=O)C3CCC2C(C)(C)O3)cc1. The van der Waals surface area contributed by atoms with Crippen molar-refractivity contribution in [1.82, 2.24) is 0 Å². The molecular formula is C25H30O4. The maximum atomic E-state index is 12.6. The van der Waals surface area contributed by atoms with E-state index in [9.17, 15) is 14.7 Å². The van der Waals surface area contributed by atoms with Crippen molar-refractivity contribution in [3.05, 3.63) is 58.2 Å². The largest absolute Gasteiger partial charge is 0.381 e. The minimum absolute atomic E-state index is 0.110. The fraction of sp³-hybridized carbons (Fsp3) is 0.440. The Morgan fingerprint density at radius 1 is 1.14 bits per heavy atom. The quantitative estimate of drug-likeness (QED) is 0.589. The molecule has 0 spiro atoms. The van der Waals surface area contributed by atoms with Gasteiger partial charge in [-0.15, -0.1) is 0 Å². The van der Waals surface area contributed by atoms with Crippen LogP contribution in [-0.4, -0.2) is 34.5 Å². The summed E-state index contributed by atoms with van der Waals surface area (Å²) in [4.78, 5) is 24.9. The fourth-order valence-corrected chi connectivity index (χ4v) is 4.23. The number of allylic oxidation sites excluding steroid dienone is 1. The number of carbonyl (C=O) groups excluding carboxylic acids is 2. The van der Waals surface area contributed by atoms with Gasteiger partial charge in [0.2, 0.25) is 0 Å². The van der Waals surface area contributed by atoms with Gasteiger partial charge in [0.25, 0.3) is 0 Å². The average Bonchev–Trinajstić information content (AvgIpc) is 2.64. The topological polar surface area (TPSA) is 63.6 Å². The fourth-order valence-electron chi connectivity index (χ4n) is 4.23. The Morgan fingerprint density at radius 3 is 2.34 bits per heavy atom. The molecule has 154 valence electrons. The van der Waals surface area contributed by atoms with Crippen LogP contribution in [0.1, 0.15) is 58.6 Å². The van der Waals surface area contributed by atoms with Gasteiger partial charge in [0.1, 0.15) is 12.2 Å². The molecule has 3 fully saturated rings. The zero-order chi connectivity index (χ0) is 21.3. The molecule has 1 aliphatic carbocycles. The molecule has 2 heterocycles. The first-order valence-electron chi connectivity index (χ1n) is 10.2. The van der Waals surface area contributed by atoms with Crippen LogP contribution in [0.3, 0.4) is 0 Å². The van der Waals surface area contributed by atoms with Gasteiger partial charge in [-0.1, -0.05) is 29.8 Å². The maximum absolute atomic E-state index is 12.6. The molecule has 0 amide bonds. The molecule has 1 saturated carbocycles. The molecule has 1 N–H and O–H groups in total. The molecule has 0 radical (unpaired) electrons. The molecule has 1 aromatic rings. The number of Topliss-reactive ketones (excluding diaryl/α,β-unsaturated/α-hetero) is 2. The van der Waals surface area contributed by atoms with Gasteiger partial charge in [0, 0.05) is 11.5 Å². The van der Waals surface area contributed by atoms with Gasteiger partial charge in [0.05, 0.1) is 5.60 Å². The first-order chi connectivity index (χ1) is 13.6. The highest BCUT2D eigenvalue weighted by Crippen LogP contribution is 2.45. The van der Waals surface area contributed by atoms with E-state index in [4.69, 9.17) is 4.74 Å². The number of fused-ring (bicyclic) bond motifs is 3. The zero-order valence-corrected chi connectivity index (χ0v) is 17.9. The molecule has 3 unspecified atom stereocenters. The molecule has 4 rings (SSSR count). The second kappa shape index (κ2) is 8.21. The van der Waals surface area contributed by atoms with Gasteiger partial charge in [-0.05, 0) is 82.4 Å². The number of ether oxygens (including phenoxy) is 1. The van der Waals surface area contributed by atoms with Gasteiger partial charge in [-0.25, -0.2) is 0 Å². The lowest BCUT2D eigenvalue weighted by Crippen LogP contribution is -2.54. The summed E-state index contributed by atoms with van der Waals surface area (Å²) in [5, 5.41) is 9.97. The average molecular weight is 395 g/mol. The summed E-state index contributed by atoms with van der Waals surface area (Å²) >= 11 is 0. The van der Waals surface area contributed by atoms with E-state index in [2.05, 4.69) is 13.8 Å². The van der Waals surface area contributed by atoms with E-state index in [-0.39, 0.29) is 29.2 Å². The Bertz CT molecular complexity index is 895. The molecule has 2 bridgehead atoms. The molecule has 2 saturated heterocycles. The Hall–Kier alpha value is -2.30. The number of benzene rings is 1. The van der Waals surface area contributed by atoms with Crippen molar-refractivity contribution in [1.29, 1.82) is 0 Å². The van der Waals surface area contributed by atoms with Gasteiger partial charge in [-0.3, -0.25) is 9.59 Å². The Kier molecular flexibility index (Phi) is 6.06. The van der Waals surface area contributed by atoms with E-state index in [1.807, 2.05) is 44.2 Å². The van der Waals surface area contributed by atoms with Gasteiger partial charge in [0.15, 0.2) is 11.6 Å². The van der Waals surface area contributed by atoms with E-state index in [1.165, 1.54) is 0 Å². The molecule has 2 aliphatic heterocycles. The highest BCUT2D eigenvalue weighted by atomic mass is 16.5. The van der Waals surface area contributed by atoms with Crippen molar-refractivity contribution < 1.29 is 19.4 Å². The summed E-state index contributed by atoms with van der Waals surface area (Å²) in [6.45, 7) is 9.51. The van der Waals surface area contributed by atoms with Crippen molar-refractivity contribution in [2.75, 3.05) is 0 Å². The monoisotopic (exact) mass is 394 g/mol. The number of carbonyl (C=O) groups is 2. The molecule has 1 aromatic carbocycles. The minimum atomic E-state index is -1.11. The zero-order valence-electron chi connectivity index (χ0n) is 17.9. The summed E-state index contributed by atoms with van der Waals surface area (Å²) in [5.74, 6) is -0.0706. The van der Waals surface area contributed by atoms with E-state index in [0.717, 1.165) is 35.1 Å². The third-order valence-electron chi connectivity index (χ3n) is 5.75. The lowest BCUT2D eigenvalue weighted by atomic mass is 9.69. The van der Waals surface area contributed by atoms with Gasteiger partial charge < -0.3 is 9.84 Å². The highest BCUT2D eigenvalue weighted by Gasteiger charge is 2.49. The van der Waals surface area contributed by atoms with Crippen molar-refractivity contribution in [3.63, 3.8) is 0 Å².